The number of halogens is 1. The van der Waals surface area contributed by atoms with Crippen molar-refractivity contribution in [2.75, 3.05) is 6.54 Å². The largest absolute Gasteiger partial charge is 0.478 e. The van der Waals surface area contributed by atoms with Crippen molar-refractivity contribution < 1.29 is 22.7 Å². The fourth-order valence-electron chi connectivity index (χ4n) is 1.68. The van der Waals surface area contributed by atoms with Crippen LogP contribution in [-0.4, -0.2) is 26.0 Å². The summed E-state index contributed by atoms with van der Waals surface area (Å²) >= 11 is 0. The third-order valence-corrected chi connectivity index (χ3v) is 4.27. The second-order valence-corrected chi connectivity index (χ2v) is 6.14. The summed E-state index contributed by atoms with van der Waals surface area (Å²) in [5.74, 6) is -2.26. The van der Waals surface area contributed by atoms with Gasteiger partial charge in [-0.05, 0) is 24.6 Å². The first-order chi connectivity index (χ1) is 9.38. The van der Waals surface area contributed by atoms with Gasteiger partial charge in [-0.25, -0.2) is 22.3 Å². The SMILES string of the molecule is CCCCCCNS(=O)(=O)c1cc(C(=O)O)ccc1F. The lowest BCUT2D eigenvalue weighted by atomic mass is 10.2. The quantitative estimate of drug-likeness (QED) is 0.722. The molecule has 0 aliphatic heterocycles. The van der Waals surface area contributed by atoms with Crippen LogP contribution in [0.1, 0.15) is 43.0 Å². The van der Waals surface area contributed by atoms with Crippen LogP contribution in [0.15, 0.2) is 23.1 Å². The number of rotatable bonds is 8. The summed E-state index contributed by atoms with van der Waals surface area (Å²) in [7, 11) is -4.02. The molecular formula is C13H18FNO4S. The molecule has 0 heterocycles. The van der Waals surface area contributed by atoms with Crippen molar-refractivity contribution >= 4 is 16.0 Å². The van der Waals surface area contributed by atoms with Crippen LogP contribution in [0.3, 0.4) is 0 Å². The Kier molecular flexibility index (Phi) is 6.09. The normalized spacial score (nSPS) is 11.5. The maximum atomic E-state index is 13.5. The van der Waals surface area contributed by atoms with Gasteiger partial charge in [0, 0.05) is 6.54 Å². The summed E-state index contributed by atoms with van der Waals surface area (Å²) in [6.07, 6.45) is 3.58. The number of hydrogen-bond acceptors (Lipinski definition) is 3. The van der Waals surface area contributed by atoms with Gasteiger partial charge in [0.25, 0.3) is 0 Å². The molecule has 7 heteroatoms. The first-order valence-corrected chi connectivity index (χ1v) is 7.89. The van der Waals surface area contributed by atoms with E-state index in [9.17, 15) is 17.6 Å². The Hall–Kier alpha value is -1.47. The van der Waals surface area contributed by atoms with Gasteiger partial charge in [0.1, 0.15) is 10.7 Å². The zero-order chi connectivity index (χ0) is 15.2. The minimum absolute atomic E-state index is 0.207. The van der Waals surface area contributed by atoms with Crippen LogP contribution in [-0.2, 0) is 10.0 Å². The molecule has 0 atom stereocenters. The maximum Gasteiger partial charge on any atom is 0.335 e. The van der Waals surface area contributed by atoms with Crippen LogP contribution in [0.4, 0.5) is 4.39 Å². The summed E-state index contributed by atoms with van der Waals surface area (Å²) in [5, 5.41) is 8.80. The van der Waals surface area contributed by atoms with Crippen LogP contribution in [0.25, 0.3) is 0 Å². The average Bonchev–Trinajstić information content (AvgIpc) is 2.38. The minimum atomic E-state index is -4.02. The van der Waals surface area contributed by atoms with Gasteiger partial charge in [0.2, 0.25) is 10.0 Å². The van der Waals surface area contributed by atoms with E-state index in [1.165, 1.54) is 0 Å². The molecule has 0 saturated heterocycles. The number of aromatic carboxylic acids is 1. The van der Waals surface area contributed by atoms with E-state index in [0.29, 0.717) is 6.42 Å². The highest BCUT2D eigenvalue weighted by Gasteiger charge is 2.20. The first kappa shape index (κ1) is 16.6. The van der Waals surface area contributed by atoms with Crippen LogP contribution < -0.4 is 4.72 Å². The topological polar surface area (TPSA) is 83.5 Å². The summed E-state index contributed by atoms with van der Waals surface area (Å²) in [6, 6.07) is 2.69. The molecule has 0 spiro atoms. The lowest BCUT2D eigenvalue weighted by Gasteiger charge is -2.08. The molecule has 0 bridgehead atoms. The van der Waals surface area contributed by atoms with Crippen LogP contribution in [0.2, 0.25) is 0 Å². The molecule has 1 aromatic rings. The number of carbonyl (C=O) groups is 1. The monoisotopic (exact) mass is 303 g/mol. The lowest BCUT2D eigenvalue weighted by molar-refractivity contribution is 0.0696. The van der Waals surface area contributed by atoms with E-state index in [0.717, 1.165) is 37.5 Å². The standard InChI is InChI=1S/C13H18FNO4S/c1-2-3-4-5-8-15-20(18,19)12-9-10(13(16)17)6-7-11(12)14/h6-7,9,15H,2-5,8H2,1H3,(H,16,17). The molecule has 1 aromatic carbocycles. The molecule has 1 rings (SSSR count). The summed E-state index contributed by atoms with van der Waals surface area (Å²) in [6.45, 7) is 2.25. The Labute approximate surface area is 117 Å². The molecule has 0 aliphatic carbocycles. The third kappa shape index (κ3) is 4.57. The van der Waals surface area contributed by atoms with Gasteiger partial charge in [0.15, 0.2) is 0 Å². The van der Waals surface area contributed by atoms with Crippen molar-refractivity contribution in [1.29, 1.82) is 0 Å². The van der Waals surface area contributed by atoms with Crippen molar-refractivity contribution in [3.8, 4) is 0 Å². The van der Waals surface area contributed by atoms with E-state index >= 15 is 0 Å². The van der Waals surface area contributed by atoms with E-state index in [4.69, 9.17) is 5.11 Å². The van der Waals surface area contributed by atoms with Crippen LogP contribution in [0.5, 0.6) is 0 Å². The number of nitrogens with one attached hydrogen (secondary N) is 1. The minimum Gasteiger partial charge on any atom is -0.478 e. The zero-order valence-electron chi connectivity index (χ0n) is 11.2. The van der Waals surface area contributed by atoms with Crippen LogP contribution >= 0.6 is 0 Å². The predicted molar refractivity (Wildman–Crippen MR) is 72.7 cm³/mol. The first-order valence-electron chi connectivity index (χ1n) is 6.41. The molecule has 0 unspecified atom stereocenters. The highest BCUT2D eigenvalue weighted by molar-refractivity contribution is 7.89. The van der Waals surface area contributed by atoms with Crippen LogP contribution in [0, 0.1) is 5.82 Å². The fraction of sp³-hybridized carbons (Fsp3) is 0.462. The van der Waals surface area contributed by atoms with Crippen molar-refractivity contribution in [2.24, 2.45) is 0 Å². The van der Waals surface area contributed by atoms with Gasteiger partial charge in [-0.1, -0.05) is 26.2 Å². The Bertz CT molecular complexity index is 572. The molecule has 0 saturated carbocycles. The Morgan fingerprint density at radius 3 is 2.60 bits per heavy atom. The Balaban J connectivity index is 2.81. The Morgan fingerprint density at radius 1 is 1.30 bits per heavy atom. The Morgan fingerprint density at radius 2 is 2.00 bits per heavy atom. The van der Waals surface area contributed by atoms with E-state index in [1.807, 2.05) is 6.92 Å². The summed E-state index contributed by atoms with van der Waals surface area (Å²) in [4.78, 5) is 10.2. The maximum absolute atomic E-state index is 13.5. The number of unbranched alkanes of at least 4 members (excludes halogenated alkanes) is 3. The van der Waals surface area contributed by atoms with Crippen molar-refractivity contribution in [3.63, 3.8) is 0 Å². The predicted octanol–water partition coefficient (Wildman–Crippen LogP) is 2.38. The molecule has 0 aromatic heterocycles. The van der Waals surface area contributed by atoms with E-state index in [-0.39, 0.29) is 12.1 Å². The number of benzene rings is 1. The molecule has 0 amide bonds. The fourth-order valence-corrected chi connectivity index (χ4v) is 2.85. The van der Waals surface area contributed by atoms with Gasteiger partial charge >= 0.3 is 5.97 Å². The smallest absolute Gasteiger partial charge is 0.335 e. The molecule has 2 N–H and O–H groups in total. The van der Waals surface area contributed by atoms with Gasteiger partial charge in [-0.2, -0.15) is 0 Å². The molecule has 112 valence electrons. The van der Waals surface area contributed by atoms with Gasteiger partial charge in [0.05, 0.1) is 5.56 Å². The molecule has 5 nitrogen and oxygen atoms in total. The molecule has 0 radical (unpaired) electrons. The summed E-state index contributed by atoms with van der Waals surface area (Å²) in [5.41, 5.74) is -0.266. The molecule has 0 aliphatic rings. The van der Waals surface area contributed by atoms with E-state index in [2.05, 4.69) is 4.72 Å². The number of hydrogen-bond donors (Lipinski definition) is 2. The summed E-state index contributed by atoms with van der Waals surface area (Å²) < 4.78 is 39.7. The van der Waals surface area contributed by atoms with Gasteiger partial charge < -0.3 is 5.11 Å². The molecule has 20 heavy (non-hydrogen) atoms. The highest BCUT2D eigenvalue weighted by atomic mass is 32.2. The second-order valence-electron chi connectivity index (χ2n) is 4.41. The number of carboxylic acid groups (broad SMARTS) is 1. The van der Waals surface area contributed by atoms with Gasteiger partial charge in [-0.3, -0.25) is 0 Å². The average molecular weight is 303 g/mol. The number of sulfonamides is 1. The molecule has 0 fully saturated rings. The van der Waals surface area contributed by atoms with E-state index in [1.54, 1.807) is 0 Å². The van der Waals surface area contributed by atoms with Gasteiger partial charge in [-0.15, -0.1) is 0 Å². The lowest BCUT2D eigenvalue weighted by Crippen LogP contribution is -2.26. The number of carboxylic acids is 1. The van der Waals surface area contributed by atoms with Crippen molar-refractivity contribution in [2.45, 2.75) is 37.5 Å². The third-order valence-electron chi connectivity index (χ3n) is 2.79. The second kappa shape index (κ2) is 7.35. The zero-order valence-corrected chi connectivity index (χ0v) is 12.0. The molecular weight excluding hydrogens is 285 g/mol. The van der Waals surface area contributed by atoms with E-state index < -0.39 is 26.7 Å². The van der Waals surface area contributed by atoms with Crippen molar-refractivity contribution in [1.82, 2.24) is 4.72 Å². The van der Waals surface area contributed by atoms with Crippen molar-refractivity contribution in [3.05, 3.63) is 29.6 Å². The highest BCUT2D eigenvalue weighted by Crippen LogP contribution is 2.16.